The molecular weight excluding hydrogens is 280 g/mol. The lowest BCUT2D eigenvalue weighted by atomic mass is 9.80. The van der Waals surface area contributed by atoms with Crippen molar-refractivity contribution < 1.29 is 18.0 Å². The molecule has 0 aromatic rings. The van der Waals surface area contributed by atoms with E-state index in [9.17, 15) is 18.0 Å². The number of carbonyl (C=O) groups excluding carboxylic acids is 2. The SMILES string of the molecule is CS(=O)(=O)CCN1CCC(=O)NC2(CCCCC2)C1=O. The molecular formula is C13H22N2O4S. The third-order valence-electron chi connectivity index (χ3n) is 4.12. The molecule has 6 nitrogen and oxygen atoms in total. The van der Waals surface area contributed by atoms with Gasteiger partial charge in [0.25, 0.3) is 0 Å². The molecule has 1 spiro atoms. The number of carbonyl (C=O) groups is 2. The summed E-state index contributed by atoms with van der Waals surface area (Å²) in [5.74, 6) is -0.267. The van der Waals surface area contributed by atoms with Crippen molar-refractivity contribution in [2.24, 2.45) is 0 Å². The summed E-state index contributed by atoms with van der Waals surface area (Å²) in [5.41, 5.74) is -0.788. The van der Waals surface area contributed by atoms with Gasteiger partial charge in [0.2, 0.25) is 11.8 Å². The highest BCUT2D eigenvalue weighted by atomic mass is 32.2. The fraction of sp³-hybridized carbons (Fsp3) is 0.846. The smallest absolute Gasteiger partial charge is 0.248 e. The first-order valence-corrected chi connectivity index (χ1v) is 9.17. The summed E-state index contributed by atoms with van der Waals surface area (Å²) >= 11 is 0. The van der Waals surface area contributed by atoms with E-state index in [1.54, 1.807) is 4.90 Å². The number of rotatable bonds is 3. The number of nitrogens with one attached hydrogen (secondary N) is 1. The van der Waals surface area contributed by atoms with Gasteiger partial charge < -0.3 is 10.2 Å². The minimum absolute atomic E-state index is 0.0526. The van der Waals surface area contributed by atoms with E-state index in [1.807, 2.05) is 0 Å². The molecule has 0 bridgehead atoms. The van der Waals surface area contributed by atoms with E-state index in [4.69, 9.17) is 0 Å². The summed E-state index contributed by atoms with van der Waals surface area (Å²) < 4.78 is 22.6. The Morgan fingerprint density at radius 3 is 2.45 bits per heavy atom. The molecule has 20 heavy (non-hydrogen) atoms. The van der Waals surface area contributed by atoms with Crippen LogP contribution in [0.15, 0.2) is 0 Å². The molecule has 2 rings (SSSR count). The zero-order valence-corrected chi connectivity index (χ0v) is 12.7. The van der Waals surface area contributed by atoms with Crippen LogP contribution in [0, 0.1) is 0 Å². The second kappa shape index (κ2) is 5.71. The van der Waals surface area contributed by atoms with Crippen LogP contribution in [0.25, 0.3) is 0 Å². The van der Waals surface area contributed by atoms with E-state index < -0.39 is 15.4 Å². The predicted octanol–water partition coefficient (Wildman–Crippen LogP) is 0.0824. The summed E-state index contributed by atoms with van der Waals surface area (Å²) in [7, 11) is -3.11. The van der Waals surface area contributed by atoms with Gasteiger partial charge in [-0.3, -0.25) is 9.59 Å². The molecule has 0 radical (unpaired) electrons. The average Bonchev–Trinajstić information content (AvgIpc) is 2.47. The lowest BCUT2D eigenvalue weighted by Gasteiger charge is -2.38. The van der Waals surface area contributed by atoms with Gasteiger partial charge in [0.15, 0.2) is 0 Å². The van der Waals surface area contributed by atoms with Gasteiger partial charge in [-0.15, -0.1) is 0 Å². The molecule has 1 saturated heterocycles. The molecule has 2 aliphatic rings. The first-order valence-electron chi connectivity index (χ1n) is 7.11. The second-order valence-corrected chi connectivity index (χ2v) is 8.12. The van der Waals surface area contributed by atoms with Crippen molar-refractivity contribution in [1.82, 2.24) is 10.2 Å². The van der Waals surface area contributed by atoms with Gasteiger partial charge in [-0.2, -0.15) is 0 Å². The topological polar surface area (TPSA) is 83.6 Å². The highest BCUT2D eigenvalue weighted by molar-refractivity contribution is 7.90. The molecule has 0 unspecified atom stereocenters. The number of hydrogen-bond donors (Lipinski definition) is 1. The summed E-state index contributed by atoms with van der Waals surface area (Å²) in [6.07, 6.45) is 5.65. The Labute approximate surface area is 119 Å². The Kier molecular flexibility index (Phi) is 4.36. The van der Waals surface area contributed by atoms with Crippen LogP contribution in [0.4, 0.5) is 0 Å². The molecule has 0 aromatic carbocycles. The van der Waals surface area contributed by atoms with Crippen LogP contribution in [-0.2, 0) is 19.4 Å². The molecule has 1 N–H and O–H groups in total. The van der Waals surface area contributed by atoms with Crippen LogP contribution >= 0.6 is 0 Å². The number of amides is 2. The summed E-state index contributed by atoms with van der Waals surface area (Å²) in [5, 5.41) is 2.89. The monoisotopic (exact) mass is 302 g/mol. The first kappa shape index (κ1) is 15.3. The van der Waals surface area contributed by atoms with Crippen LogP contribution in [0.1, 0.15) is 38.5 Å². The van der Waals surface area contributed by atoms with Crippen LogP contribution in [0.2, 0.25) is 0 Å². The summed E-state index contributed by atoms with van der Waals surface area (Å²) in [4.78, 5) is 26.1. The summed E-state index contributed by atoms with van der Waals surface area (Å²) in [6, 6.07) is 0. The number of sulfone groups is 1. The highest BCUT2D eigenvalue weighted by Crippen LogP contribution is 2.31. The third kappa shape index (κ3) is 3.50. The number of hydrogen-bond acceptors (Lipinski definition) is 4. The summed E-state index contributed by atoms with van der Waals surface area (Å²) in [6.45, 7) is 0.482. The van der Waals surface area contributed by atoms with E-state index >= 15 is 0 Å². The quantitative estimate of drug-likeness (QED) is 0.800. The van der Waals surface area contributed by atoms with Crippen molar-refractivity contribution in [3.05, 3.63) is 0 Å². The maximum Gasteiger partial charge on any atom is 0.248 e. The van der Waals surface area contributed by atoms with Crippen molar-refractivity contribution in [2.45, 2.75) is 44.1 Å². The van der Waals surface area contributed by atoms with E-state index in [0.29, 0.717) is 19.4 Å². The molecule has 1 saturated carbocycles. The first-order chi connectivity index (χ1) is 9.32. The average molecular weight is 302 g/mol. The van der Waals surface area contributed by atoms with Gasteiger partial charge in [0, 0.05) is 25.8 Å². The maximum atomic E-state index is 12.7. The minimum atomic E-state index is -3.11. The zero-order chi connectivity index (χ0) is 14.8. The van der Waals surface area contributed by atoms with Gasteiger partial charge in [0.1, 0.15) is 15.4 Å². The second-order valence-electron chi connectivity index (χ2n) is 5.86. The van der Waals surface area contributed by atoms with Gasteiger partial charge in [-0.1, -0.05) is 19.3 Å². The lowest BCUT2D eigenvalue weighted by molar-refractivity contribution is -0.140. The van der Waals surface area contributed by atoms with Gasteiger partial charge in [-0.05, 0) is 12.8 Å². The standard InChI is InChI=1S/C13H22N2O4S/c1-20(18,19)10-9-15-8-5-11(16)14-13(12(15)17)6-3-2-4-7-13/h2-10H2,1H3,(H,14,16). The Morgan fingerprint density at radius 1 is 1.20 bits per heavy atom. The zero-order valence-electron chi connectivity index (χ0n) is 11.9. The van der Waals surface area contributed by atoms with Crippen LogP contribution in [0.5, 0.6) is 0 Å². The van der Waals surface area contributed by atoms with Crippen LogP contribution < -0.4 is 5.32 Å². The molecule has 114 valence electrons. The van der Waals surface area contributed by atoms with Crippen molar-refractivity contribution in [3.63, 3.8) is 0 Å². The van der Waals surface area contributed by atoms with E-state index in [0.717, 1.165) is 25.5 Å². The lowest BCUT2D eigenvalue weighted by Crippen LogP contribution is -2.58. The van der Waals surface area contributed by atoms with Crippen molar-refractivity contribution >= 4 is 21.7 Å². The number of nitrogens with zero attached hydrogens (tertiary/aromatic N) is 1. The molecule has 0 atom stereocenters. The van der Waals surface area contributed by atoms with Crippen molar-refractivity contribution in [2.75, 3.05) is 25.1 Å². The molecule has 2 amide bonds. The van der Waals surface area contributed by atoms with Crippen molar-refractivity contribution in [1.29, 1.82) is 0 Å². The molecule has 1 aliphatic heterocycles. The van der Waals surface area contributed by atoms with Crippen molar-refractivity contribution in [3.8, 4) is 0 Å². The molecule has 2 fully saturated rings. The molecule has 0 aromatic heterocycles. The Bertz CT molecular complexity index is 495. The Hall–Kier alpha value is -1.11. The van der Waals surface area contributed by atoms with Gasteiger partial charge >= 0.3 is 0 Å². The van der Waals surface area contributed by atoms with Gasteiger partial charge in [0.05, 0.1) is 5.75 Å². The van der Waals surface area contributed by atoms with E-state index in [2.05, 4.69) is 5.32 Å². The van der Waals surface area contributed by atoms with E-state index in [1.165, 1.54) is 0 Å². The van der Waals surface area contributed by atoms with Crippen LogP contribution in [-0.4, -0.2) is 55.8 Å². The fourth-order valence-corrected chi connectivity index (χ4v) is 3.56. The Balaban J connectivity index is 2.16. The molecule has 1 aliphatic carbocycles. The maximum absolute atomic E-state index is 12.7. The molecule has 7 heteroatoms. The normalized spacial score (nSPS) is 23.6. The molecule has 1 heterocycles. The third-order valence-corrected chi connectivity index (χ3v) is 5.05. The van der Waals surface area contributed by atoms with Crippen LogP contribution in [0.3, 0.4) is 0 Å². The predicted molar refractivity (Wildman–Crippen MR) is 74.9 cm³/mol. The van der Waals surface area contributed by atoms with E-state index in [-0.39, 0.29) is 30.5 Å². The minimum Gasteiger partial charge on any atom is -0.342 e. The fourth-order valence-electron chi connectivity index (χ4n) is 3.01. The largest absolute Gasteiger partial charge is 0.342 e. The highest BCUT2D eigenvalue weighted by Gasteiger charge is 2.44. The van der Waals surface area contributed by atoms with Gasteiger partial charge in [-0.25, -0.2) is 8.42 Å². The Morgan fingerprint density at radius 2 is 1.85 bits per heavy atom.